The second kappa shape index (κ2) is 12.2. The Balaban J connectivity index is 1.54. The minimum absolute atomic E-state index is 0.218. The number of anilines is 1. The van der Waals surface area contributed by atoms with Gasteiger partial charge in [-0.25, -0.2) is 10.8 Å². The van der Waals surface area contributed by atoms with E-state index >= 15 is 0 Å². The van der Waals surface area contributed by atoms with E-state index in [0.717, 1.165) is 30.0 Å². The quantitative estimate of drug-likeness (QED) is 0.213. The molecule has 0 fully saturated rings. The molecule has 182 valence electrons. The lowest BCUT2D eigenvalue weighted by molar-refractivity contribution is 0.0427. The predicted octanol–water partition coefficient (Wildman–Crippen LogP) is 3.08. The number of ether oxygens (including phenoxy) is 2. The zero-order valence-corrected chi connectivity index (χ0v) is 20.1. The highest BCUT2D eigenvalue weighted by atomic mass is 16.5. The molecule has 2 heterocycles. The molecule has 0 spiro atoms. The summed E-state index contributed by atoms with van der Waals surface area (Å²) in [5.41, 5.74) is 11.2. The van der Waals surface area contributed by atoms with Gasteiger partial charge in [0, 0.05) is 36.1 Å². The Morgan fingerprint density at radius 3 is 2.53 bits per heavy atom. The zero-order valence-electron chi connectivity index (χ0n) is 20.1. The molecule has 0 saturated heterocycles. The highest BCUT2D eigenvalue weighted by Crippen LogP contribution is 2.18. The van der Waals surface area contributed by atoms with Crippen LogP contribution in [0.25, 0.3) is 11.3 Å². The SMILES string of the molecule is CCCOCCOCCN(N)/C=C(\N)c1ccc(NC(=O)c2ccn3c(C)cc(C)nc23)cc1. The smallest absolute Gasteiger partial charge is 0.259 e. The van der Waals surface area contributed by atoms with Crippen molar-refractivity contribution in [2.75, 3.05) is 38.3 Å². The second-order valence-corrected chi connectivity index (χ2v) is 8.04. The first kappa shape index (κ1) is 25.2. The number of hydrazine groups is 1. The van der Waals surface area contributed by atoms with Crippen molar-refractivity contribution in [3.05, 3.63) is 71.3 Å². The highest BCUT2D eigenvalue weighted by Gasteiger charge is 2.14. The van der Waals surface area contributed by atoms with Crippen LogP contribution >= 0.6 is 0 Å². The number of nitrogens with zero attached hydrogens (tertiary/aromatic N) is 3. The Bertz CT molecular complexity index is 1120. The summed E-state index contributed by atoms with van der Waals surface area (Å²) in [5, 5.41) is 4.41. The monoisotopic (exact) mass is 466 g/mol. The molecule has 5 N–H and O–H groups in total. The van der Waals surface area contributed by atoms with Crippen LogP contribution in [0.5, 0.6) is 0 Å². The minimum Gasteiger partial charge on any atom is -0.397 e. The van der Waals surface area contributed by atoms with Crippen LogP contribution in [0.2, 0.25) is 0 Å². The molecule has 0 unspecified atom stereocenters. The van der Waals surface area contributed by atoms with Gasteiger partial charge in [-0.05, 0) is 50.1 Å². The molecular formula is C25H34N6O3. The second-order valence-electron chi connectivity index (χ2n) is 8.04. The number of carbonyl (C=O) groups is 1. The van der Waals surface area contributed by atoms with Gasteiger partial charge < -0.3 is 29.9 Å². The number of amides is 1. The van der Waals surface area contributed by atoms with Gasteiger partial charge in [0.25, 0.3) is 5.91 Å². The van der Waals surface area contributed by atoms with Gasteiger partial charge in [-0.1, -0.05) is 19.1 Å². The van der Waals surface area contributed by atoms with E-state index in [-0.39, 0.29) is 5.91 Å². The molecule has 0 aliphatic heterocycles. The fourth-order valence-electron chi connectivity index (χ4n) is 3.47. The van der Waals surface area contributed by atoms with Crippen molar-refractivity contribution in [1.82, 2.24) is 14.4 Å². The Morgan fingerprint density at radius 1 is 1.12 bits per heavy atom. The molecule has 9 heteroatoms. The molecule has 1 amide bonds. The van der Waals surface area contributed by atoms with Crippen LogP contribution in [0.1, 0.15) is 40.7 Å². The van der Waals surface area contributed by atoms with Crippen LogP contribution in [0.4, 0.5) is 5.69 Å². The van der Waals surface area contributed by atoms with E-state index < -0.39 is 0 Å². The van der Waals surface area contributed by atoms with Gasteiger partial charge in [0.15, 0.2) is 0 Å². The van der Waals surface area contributed by atoms with E-state index in [1.807, 2.05) is 42.6 Å². The van der Waals surface area contributed by atoms with Crippen molar-refractivity contribution in [3.8, 4) is 0 Å². The van der Waals surface area contributed by atoms with E-state index in [2.05, 4.69) is 17.2 Å². The van der Waals surface area contributed by atoms with Gasteiger partial charge in [-0.15, -0.1) is 0 Å². The molecule has 1 aromatic carbocycles. The molecule has 0 aliphatic rings. The van der Waals surface area contributed by atoms with Crippen LogP contribution in [0.3, 0.4) is 0 Å². The molecule has 9 nitrogen and oxygen atoms in total. The maximum Gasteiger partial charge on any atom is 0.259 e. The molecule has 2 aromatic heterocycles. The van der Waals surface area contributed by atoms with Gasteiger partial charge in [0.1, 0.15) is 5.65 Å². The summed E-state index contributed by atoms with van der Waals surface area (Å²) in [6.45, 7) is 8.80. The van der Waals surface area contributed by atoms with Crippen LogP contribution in [0.15, 0.2) is 48.8 Å². The van der Waals surface area contributed by atoms with E-state index in [9.17, 15) is 4.79 Å². The molecule has 0 saturated carbocycles. The number of hydrogen-bond donors (Lipinski definition) is 3. The maximum atomic E-state index is 12.8. The summed E-state index contributed by atoms with van der Waals surface area (Å²) in [5.74, 6) is 5.77. The van der Waals surface area contributed by atoms with E-state index in [1.165, 1.54) is 5.01 Å². The first-order valence-corrected chi connectivity index (χ1v) is 11.4. The summed E-state index contributed by atoms with van der Waals surface area (Å²) in [7, 11) is 0. The lowest BCUT2D eigenvalue weighted by atomic mass is 10.1. The van der Waals surface area contributed by atoms with Crippen molar-refractivity contribution >= 4 is 22.9 Å². The largest absolute Gasteiger partial charge is 0.397 e. The first-order valence-electron chi connectivity index (χ1n) is 11.4. The Labute approximate surface area is 200 Å². The number of benzene rings is 1. The Hall–Kier alpha value is -3.40. The fourth-order valence-corrected chi connectivity index (χ4v) is 3.47. The number of nitrogens with two attached hydrogens (primary N) is 2. The summed E-state index contributed by atoms with van der Waals surface area (Å²) < 4.78 is 12.8. The summed E-state index contributed by atoms with van der Waals surface area (Å²) >= 11 is 0. The highest BCUT2D eigenvalue weighted by molar-refractivity contribution is 6.08. The van der Waals surface area contributed by atoms with Gasteiger partial charge >= 0.3 is 0 Å². The number of aromatic nitrogens is 2. The van der Waals surface area contributed by atoms with Crippen LogP contribution in [0, 0.1) is 13.8 Å². The molecular weight excluding hydrogens is 432 g/mol. The lowest BCUT2D eigenvalue weighted by Crippen LogP contribution is -2.30. The Kier molecular flexibility index (Phi) is 9.03. The number of hydrogen-bond acceptors (Lipinski definition) is 7. The lowest BCUT2D eigenvalue weighted by Gasteiger charge is -2.15. The third kappa shape index (κ3) is 6.80. The van der Waals surface area contributed by atoms with Gasteiger partial charge in [0.2, 0.25) is 0 Å². The molecule has 3 rings (SSSR count). The average molecular weight is 467 g/mol. The zero-order chi connectivity index (χ0) is 24.5. The molecule has 0 aliphatic carbocycles. The average Bonchev–Trinajstić information content (AvgIpc) is 3.23. The van der Waals surface area contributed by atoms with Crippen molar-refractivity contribution in [1.29, 1.82) is 0 Å². The van der Waals surface area contributed by atoms with Crippen LogP contribution in [-0.4, -0.2) is 53.3 Å². The van der Waals surface area contributed by atoms with E-state index in [1.54, 1.807) is 24.4 Å². The van der Waals surface area contributed by atoms with E-state index in [4.69, 9.17) is 21.1 Å². The number of fused-ring (bicyclic) bond motifs is 1. The molecule has 0 radical (unpaired) electrons. The summed E-state index contributed by atoms with van der Waals surface area (Å²) in [6, 6.07) is 11.0. The molecule has 0 bridgehead atoms. The fraction of sp³-hybridized carbons (Fsp3) is 0.360. The summed E-state index contributed by atoms with van der Waals surface area (Å²) in [6.07, 6.45) is 4.51. The topological polar surface area (TPSA) is 120 Å². The third-order valence-electron chi connectivity index (χ3n) is 5.18. The van der Waals surface area contributed by atoms with Crippen molar-refractivity contribution < 1.29 is 14.3 Å². The maximum absolute atomic E-state index is 12.8. The first-order chi connectivity index (χ1) is 16.4. The number of nitrogens with one attached hydrogen (secondary N) is 1. The predicted molar refractivity (Wildman–Crippen MR) is 134 cm³/mol. The van der Waals surface area contributed by atoms with E-state index in [0.29, 0.717) is 49.0 Å². The molecule has 3 aromatic rings. The Morgan fingerprint density at radius 2 is 1.82 bits per heavy atom. The van der Waals surface area contributed by atoms with Gasteiger partial charge in [-0.2, -0.15) is 0 Å². The van der Waals surface area contributed by atoms with Gasteiger partial charge in [0.05, 0.1) is 37.6 Å². The van der Waals surface area contributed by atoms with Crippen LogP contribution < -0.4 is 16.9 Å². The summed E-state index contributed by atoms with van der Waals surface area (Å²) in [4.78, 5) is 17.3. The number of rotatable bonds is 12. The molecule has 0 atom stereocenters. The molecule has 34 heavy (non-hydrogen) atoms. The number of carbonyl (C=O) groups excluding carboxylic acids is 1. The number of aryl methyl sites for hydroxylation is 2. The van der Waals surface area contributed by atoms with Crippen molar-refractivity contribution in [2.24, 2.45) is 11.6 Å². The van der Waals surface area contributed by atoms with Crippen molar-refractivity contribution in [3.63, 3.8) is 0 Å². The normalized spacial score (nSPS) is 11.7. The standard InChI is InChI=1S/C25H34N6O3/c1-4-12-33-14-15-34-13-11-30(27)17-23(26)20-5-7-21(8-6-20)29-25(32)22-9-10-31-19(3)16-18(2)28-24(22)31/h5-10,16-17H,4,11-15,26-27H2,1-3H3,(H,29,32)/b23-17-. The van der Waals surface area contributed by atoms with Crippen molar-refractivity contribution in [2.45, 2.75) is 27.2 Å². The third-order valence-corrected chi connectivity index (χ3v) is 5.18. The van der Waals surface area contributed by atoms with Crippen LogP contribution in [-0.2, 0) is 9.47 Å². The van der Waals surface area contributed by atoms with Gasteiger partial charge in [-0.3, -0.25) is 4.79 Å². The minimum atomic E-state index is -0.218.